The van der Waals surface area contributed by atoms with Crippen molar-refractivity contribution in [1.29, 1.82) is 0 Å². The molecule has 0 amide bonds. The molecule has 0 aliphatic heterocycles. The fourth-order valence-corrected chi connectivity index (χ4v) is 0.342. The third-order valence-electron chi connectivity index (χ3n) is 0.629. The maximum Gasteiger partial charge on any atom is 0.212 e. The van der Waals surface area contributed by atoms with Gasteiger partial charge < -0.3 is 0 Å². The van der Waals surface area contributed by atoms with Crippen molar-refractivity contribution in [2.24, 2.45) is 0 Å². The summed E-state index contributed by atoms with van der Waals surface area (Å²) in [5.41, 5.74) is 0. The van der Waals surface area contributed by atoms with Gasteiger partial charge in [0.15, 0.2) is 0 Å². The molecule has 9 heavy (non-hydrogen) atoms. The summed E-state index contributed by atoms with van der Waals surface area (Å²) in [7, 11) is 0. The molecular weight excluding hydrogens is 117 g/mol. The molecule has 0 N–H and O–H groups in total. The lowest BCUT2D eigenvalue weighted by molar-refractivity contribution is 0.584. The van der Waals surface area contributed by atoms with Gasteiger partial charge in [0, 0.05) is 6.20 Å². The van der Waals surface area contributed by atoms with E-state index in [4.69, 9.17) is 0 Å². The van der Waals surface area contributed by atoms with Crippen LogP contribution in [-0.4, -0.2) is 4.98 Å². The molecule has 0 aliphatic carbocycles. The summed E-state index contributed by atoms with van der Waals surface area (Å²) in [6.07, 6.45) is 1.41. The predicted octanol–water partition coefficient (Wildman–Crippen LogP) is 2.25. The molecule has 0 saturated heterocycles. The van der Waals surface area contributed by atoms with Crippen LogP contribution in [0.5, 0.6) is 0 Å². The second-order valence-electron chi connectivity index (χ2n) is 1.15. The molecule has 50 valence electrons. The molecule has 1 rings (SSSR count). The van der Waals surface area contributed by atoms with Gasteiger partial charge in [0.05, 0.1) is 0 Å². The Morgan fingerprint density at radius 1 is 1.33 bits per heavy atom. The van der Waals surface area contributed by atoms with Crippen LogP contribution in [0.25, 0.3) is 0 Å². The summed E-state index contributed by atoms with van der Waals surface area (Å²) < 4.78 is 11.8. The smallest absolute Gasteiger partial charge is 0.212 e. The Hall–Kier alpha value is -0.920. The van der Waals surface area contributed by atoms with E-state index < -0.39 is 5.95 Å². The van der Waals surface area contributed by atoms with Crippen molar-refractivity contribution in [2.45, 2.75) is 13.8 Å². The van der Waals surface area contributed by atoms with Crippen LogP contribution in [-0.2, 0) is 0 Å². The molecule has 0 atom stereocenters. The molecule has 0 radical (unpaired) electrons. The highest BCUT2D eigenvalue weighted by atomic mass is 19.1. The first-order chi connectivity index (χ1) is 4.39. The molecule has 0 saturated carbocycles. The van der Waals surface area contributed by atoms with Crippen LogP contribution in [0.3, 0.4) is 0 Å². The van der Waals surface area contributed by atoms with Crippen LogP contribution < -0.4 is 0 Å². The Kier molecular flexibility index (Phi) is 4.69. The quantitative estimate of drug-likeness (QED) is 0.487. The van der Waals surface area contributed by atoms with E-state index in [1.54, 1.807) is 12.1 Å². The van der Waals surface area contributed by atoms with E-state index in [1.807, 2.05) is 13.8 Å². The number of halogens is 1. The largest absolute Gasteiger partial charge is 0.228 e. The molecule has 0 unspecified atom stereocenters. The van der Waals surface area contributed by atoms with Crippen LogP contribution in [0.15, 0.2) is 24.4 Å². The molecule has 1 aromatic heterocycles. The van der Waals surface area contributed by atoms with E-state index in [2.05, 4.69) is 4.98 Å². The van der Waals surface area contributed by atoms with E-state index in [-0.39, 0.29) is 0 Å². The summed E-state index contributed by atoms with van der Waals surface area (Å²) in [6.45, 7) is 4.00. The van der Waals surface area contributed by atoms with Crippen LogP contribution in [0, 0.1) is 5.95 Å². The van der Waals surface area contributed by atoms with Crippen molar-refractivity contribution in [2.75, 3.05) is 0 Å². The van der Waals surface area contributed by atoms with Gasteiger partial charge in [0.2, 0.25) is 5.95 Å². The van der Waals surface area contributed by atoms with Gasteiger partial charge in [-0.05, 0) is 12.1 Å². The van der Waals surface area contributed by atoms with Gasteiger partial charge in [-0.25, -0.2) is 4.98 Å². The van der Waals surface area contributed by atoms with E-state index >= 15 is 0 Å². The first kappa shape index (κ1) is 8.08. The Bertz CT molecular complexity index is 139. The van der Waals surface area contributed by atoms with Gasteiger partial charge in [-0.3, -0.25) is 0 Å². The lowest BCUT2D eigenvalue weighted by Crippen LogP contribution is -1.73. The average molecular weight is 127 g/mol. The number of aromatic nitrogens is 1. The number of hydrogen-bond acceptors (Lipinski definition) is 1. The standard InChI is InChI=1S/C5H4FN.C2H6/c6-5-3-1-2-4-7-5;1-2/h1-4H;1-2H3. The van der Waals surface area contributed by atoms with Crippen LogP contribution >= 0.6 is 0 Å². The van der Waals surface area contributed by atoms with Gasteiger partial charge >= 0.3 is 0 Å². The number of pyridine rings is 1. The van der Waals surface area contributed by atoms with E-state index in [9.17, 15) is 4.39 Å². The van der Waals surface area contributed by atoms with E-state index in [0.717, 1.165) is 0 Å². The van der Waals surface area contributed by atoms with Gasteiger partial charge in [-0.1, -0.05) is 19.9 Å². The highest BCUT2D eigenvalue weighted by Gasteiger charge is 1.78. The highest BCUT2D eigenvalue weighted by Crippen LogP contribution is 1.85. The Morgan fingerprint density at radius 3 is 2.22 bits per heavy atom. The monoisotopic (exact) mass is 127 g/mol. The third kappa shape index (κ3) is 3.64. The molecule has 1 nitrogen and oxygen atoms in total. The van der Waals surface area contributed by atoms with Crippen molar-refractivity contribution in [1.82, 2.24) is 4.98 Å². The molecular formula is C7H10FN. The summed E-state index contributed by atoms with van der Waals surface area (Å²) >= 11 is 0. The zero-order chi connectivity index (χ0) is 7.11. The number of nitrogens with zero attached hydrogens (tertiary/aromatic N) is 1. The maximum atomic E-state index is 11.8. The fraction of sp³-hybridized carbons (Fsp3) is 0.286. The molecule has 0 fully saturated rings. The fourth-order valence-electron chi connectivity index (χ4n) is 0.342. The average Bonchev–Trinajstić information content (AvgIpc) is 1.94. The molecule has 1 aromatic rings. The van der Waals surface area contributed by atoms with Gasteiger partial charge in [-0.15, -0.1) is 0 Å². The Labute approximate surface area is 54.6 Å². The molecule has 0 bridgehead atoms. The normalized spacial score (nSPS) is 7.44. The molecule has 0 spiro atoms. The SMILES string of the molecule is CC.Fc1ccccn1. The highest BCUT2D eigenvalue weighted by molar-refractivity contribution is 4.90. The van der Waals surface area contributed by atoms with Gasteiger partial charge in [0.1, 0.15) is 0 Å². The van der Waals surface area contributed by atoms with Gasteiger partial charge in [-0.2, -0.15) is 4.39 Å². The van der Waals surface area contributed by atoms with Gasteiger partial charge in [0.25, 0.3) is 0 Å². The maximum absolute atomic E-state index is 11.8. The minimum Gasteiger partial charge on any atom is -0.228 e. The van der Waals surface area contributed by atoms with Crippen LogP contribution in [0.2, 0.25) is 0 Å². The second-order valence-corrected chi connectivity index (χ2v) is 1.15. The first-order valence-corrected chi connectivity index (χ1v) is 2.96. The minimum atomic E-state index is -0.428. The van der Waals surface area contributed by atoms with Crippen molar-refractivity contribution < 1.29 is 4.39 Å². The summed E-state index contributed by atoms with van der Waals surface area (Å²) in [5.74, 6) is -0.428. The van der Waals surface area contributed by atoms with E-state index in [1.165, 1.54) is 12.3 Å². The zero-order valence-corrected chi connectivity index (χ0v) is 5.63. The Morgan fingerprint density at radius 2 is 2.00 bits per heavy atom. The summed E-state index contributed by atoms with van der Waals surface area (Å²) in [4.78, 5) is 3.31. The van der Waals surface area contributed by atoms with Crippen LogP contribution in [0.1, 0.15) is 13.8 Å². The molecule has 0 aromatic carbocycles. The predicted molar refractivity (Wildman–Crippen MR) is 35.5 cm³/mol. The van der Waals surface area contributed by atoms with Crippen molar-refractivity contribution >= 4 is 0 Å². The summed E-state index contributed by atoms with van der Waals surface area (Å²) in [6, 6.07) is 4.57. The molecule has 0 aliphatic rings. The third-order valence-corrected chi connectivity index (χ3v) is 0.629. The topological polar surface area (TPSA) is 12.9 Å². The molecule has 2 heteroatoms. The van der Waals surface area contributed by atoms with Crippen molar-refractivity contribution in [3.05, 3.63) is 30.3 Å². The second kappa shape index (κ2) is 5.22. The summed E-state index contributed by atoms with van der Waals surface area (Å²) in [5, 5.41) is 0. The van der Waals surface area contributed by atoms with Crippen molar-refractivity contribution in [3.8, 4) is 0 Å². The van der Waals surface area contributed by atoms with Crippen molar-refractivity contribution in [3.63, 3.8) is 0 Å². The van der Waals surface area contributed by atoms with Crippen LogP contribution in [0.4, 0.5) is 4.39 Å². The Balaban J connectivity index is 0.000000291. The zero-order valence-electron chi connectivity index (χ0n) is 5.63. The number of rotatable bonds is 0. The lowest BCUT2D eigenvalue weighted by Gasteiger charge is -1.78. The van der Waals surface area contributed by atoms with E-state index in [0.29, 0.717) is 0 Å². The molecule has 1 heterocycles. The lowest BCUT2D eigenvalue weighted by atomic mass is 10.5. The number of hydrogen-bond donors (Lipinski definition) is 0. The first-order valence-electron chi connectivity index (χ1n) is 2.96. The minimum absolute atomic E-state index is 0.428.